The summed E-state index contributed by atoms with van der Waals surface area (Å²) in [5.74, 6) is 1.28. The molecule has 0 bridgehead atoms. The summed E-state index contributed by atoms with van der Waals surface area (Å²) in [4.78, 5) is 15.3. The maximum Gasteiger partial charge on any atom is 0.258 e. The molecular formula is C25H25N3O5S. The van der Waals surface area contributed by atoms with Crippen LogP contribution in [0.4, 0.5) is 5.69 Å². The number of nitrogens with zero attached hydrogens (tertiary/aromatic N) is 2. The van der Waals surface area contributed by atoms with Crippen LogP contribution in [0.25, 0.3) is 11.3 Å². The summed E-state index contributed by atoms with van der Waals surface area (Å²) >= 11 is 0. The quantitative estimate of drug-likeness (QED) is 0.600. The summed E-state index contributed by atoms with van der Waals surface area (Å²) in [6.07, 6.45) is 1.59. The maximum absolute atomic E-state index is 13.2. The van der Waals surface area contributed by atoms with Crippen LogP contribution < -0.4 is 5.32 Å². The molecule has 8 nitrogen and oxygen atoms in total. The van der Waals surface area contributed by atoms with E-state index < -0.39 is 10.0 Å². The number of sulfonamides is 1. The van der Waals surface area contributed by atoms with Gasteiger partial charge in [0.1, 0.15) is 11.5 Å². The second kappa shape index (κ2) is 8.26. The lowest BCUT2D eigenvalue weighted by atomic mass is 10.1. The molecular weight excluding hydrogens is 454 g/mol. The highest BCUT2D eigenvalue weighted by Gasteiger charge is 2.43. The van der Waals surface area contributed by atoms with Crippen LogP contribution in [0.1, 0.15) is 35.1 Å². The highest BCUT2D eigenvalue weighted by molar-refractivity contribution is 7.89. The van der Waals surface area contributed by atoms with Crippen LogP contribution in [-0.2, 0) is 14.8 Å². The fourth-order valence-electron chi connectivity index (χ4n) is 4.59. The molecule has 2 fully saturated rings. The molecule has 9 heteroatoms. The average Bonchev–Trinajstić information content (AvgIpc) is 3.59. The molecule has 1 aromatic heterocycles. The normalized spacial score (nSPS) is 21.2. The molecule has 1 saturated heterocycles. The third-order valence-electron chi connectivity index (χ3n) is 6.55. The van der Waals surface area contributed by atoms with Crippen molar-refractivity contribution in [2.45, 2.75) is 29.9 Å². The number of fused-ring (bicyclic) bond motifs is 1. The molecule has 6 rings (SSSR count). The van der Waals surface area contributed by atoms with Crippen LogP contribution >= 0.6 is 0 Å². The van der Waals surface area contributed by atoms with E-state index in [1.54, 1.807) is 24.3 Å². The Bertz CT molecular complexity index is 1320. The highest BCUT2D eigenvalue weighted by Crippen LogP contribution is 2.41. The first-order valence-corrected chi connectivity index (χ1v) is 12.9. The Balaban J connectivity index is 1.27. The topological polar surface area (TPSA) is 92.1 Å². The van der Waals surface area contributed by atoms with Gasteiger partial charge in [0.25, 0.3) is 5.91 Å². The minimum Gasteiger partial charge on any atom is -0.457 e. The van der Waals surface area contributed by atoms with Crippen molar-refractivity contribution in [3.8, 4) is 11.3 Å². The minimum absolute atomic E-state index is 0.0115. The molecule has 1 saturated carbocycles. The molecule has 1 aliphatic carbocycles. The van der Waals surface area contributed by atoms with Gasteiger partial charge in [-0.15, -0.1) is 0 Å². The Labute approximate surface area is 198 Å². The summed E-state index contributed by atoms with van der Waals surface area (Å²) in [6, 6.07) is 18.2. The lowest BCUT2D eigenvalue weighted by Crippen LogP contribution is -2.44. The van der Waals surface area contributed by atoms with E-state index in [9.17, 15) is 13.2 Å². The molecule has 3 aliphatic rings. The number of carbonyl (C=O) groups is 1. The fraction of sp³-hybridized carbons (Fsp3) is 0.320. The van der Waals surface area contributed by atoms with Crippen molar-refractivity contribution in [2.75, 3.05) is 31.6 Å². The molecule has 3 aromatic rings. The number of carbonyl (C=O) groups excluding carboxylic acids is 1. The van der Waals surface area contributed by atoms with Gasteiger partial charge in [0.15, 0.2) is 6.17 Å². The standard InChI is InChI=1S/C25H25N3O5S/c29-25-20-3-1-2-4-21(20)26-24(28(25)18-7-8-18)23-12-11-22(33-23)17-5-9-19(10-6-17)34(30,31)27-13-15-32-16-14-27/h1-6,9-12,18,24,26H,7-8,13-16H2. The number of hydrogen-bond acceptors (Lipinski definition) is 6. The van der Waals surface area contributed by atoms with E-state index in [1.165, 1.54) is 4.31 Å². The van der Waals surface area contributed by atoms with E-state index in [2.05, 4.69) is 5.32 Å². The van der Waals surface area contributed by atoms with Crippen molar-refractivity contribution in [1.29, 1.82) is 0 Å². The Morgan fingerprint density at radius 1 is 0.912 bits per heavy atom. The number of anilines is 1. The maximum atomic E-state index is 13.2. The minimum atomic E-state index is -3.55. The number of benzene rings is 2. The molecule has 34 heavy (non-hydrogen) atoms. The summed E-state index contributed by atoms with van der Waals surface area (Å²) < 4.78 is 38.7. The van der Waals surface area contributed by atoms with Crippen molar-refractivity contribution in [3.05, 3.63) is 72.0 Å². The molecule has 1 unspecified atom stereocenters. The fourth-order valence-corrected chi connectivity index (χ4v) is 6.00. The molecule has 0 spiro atoms. The van der Waals surface area contributed by atoms with Crippen LogP contribution in [0.15, 0.2) is 70.0 Å². The zero-order chi connectivity index (χ0) is 23.3. The number of hydrogen-bond donors (Lipinski definition) is 1. The first-order chi connectivity index (χ1) is 16.5. The summed E-state index contributed by atoms with van der Waals surface area (Å²) in [7, 11) is -3.55. The van der Waals surface area contributed by atoms with E-state index >= 15 is 0 Å². The monoisotopic (exact) mass is 479 g/mol. The van der Waals surface area contributed by atoms with Gasteiger partial charge in [-0.25, -0.2) is 8.42 Å². The van der Waals surface area contributed by atoms with Crippen LogP contribution in [0, 0.1) is 0 Å². The van der Waals surface area contributed by atoms with E-state index in [4.69, 9.17) is 9.15 Å². The second-order valence-electron chi connectivity index (χ2n) is 8.78. The van der Waals surface area contributed by atoms with E-state index in [0.717, 1.165) is 24.1 Å². The van der Waals surface area contributed by atoms with E-state index in [0.29, 0.717) is 43.4 Å². The largest absolute Gasteiger partial charge is 0.457 e. The predicted molar refractivity (Wildman–Crippen MR) is 126 cm³/mol. The number of para-hydroxylation sites is 1. The van der Waals surface area contributed by atoms with Crippen LogP contribution in [0.5, 0.6) is 0 Å². The number of morpholine rings is 1. The van der Waals surface area contributed by atoms with Gasteiger partial charge < -0.3 is 19.4 Å². The van der Waals surface area contributed by atoms with Gasteiger partial charge in [-0.3, -0.25) is 4.79 Å². The van der Waals surface area contributed by atoms with Crippen LogP contribution in [0.2, 0.25) is 0 Å². The van der Waals surface area contributed by atoms with Crippen LogP contribution in [0.3, 0.4) is 0 Å². The number of ether oxygens (including phenoxy) is 1. The summed E-state index contributed by atoms with van der Waals surface area (Å²) in [6.45, 7) is 1.54. The number of amides is 1. The Hall–Kier alpha value is -3.14. The Morgan fingerprint density at radius 2 is 1.65 bits per heavy atom. The summed E-state index contributed by atoms with van der Waals surface area (Å²) in [5, 5.41) is 3.46. The lowest BCUT2D eigenvalue weighted by molar-refractivity contribution is 0.0646. The Kier molecular flexibility index (Phi) is 5.20. The molecule has 0 radical (unpaired) electrons. The number of rotatable bonds is 5. The van der Waals surface area contributed by atoms with Gasteiger partial charge in [-0.1, -0.05) is 12.1 Å². The van der Waals surface area contributed by atoms with Crippen molar-refractivity contribution in [3.63, 3.8) is 0 Å². The first-order valence-electron chi connectivity index (χ1n) is 11.5. The number of furan rings is 1. The van der Waals surface area contributed by atoms with Crippen molar-refractivity contribution < 1.29 is 22.4 Å². The molecule has 1 atom stereocenters. The van der Waals surface area contributed by atoms with E-state index in [-0.39, 0.29) is 23.0 Å². The molecule has 1 N–H and O–H groups in total. The van der Waals surface area contributed by atoms with Gasteiger partial charge >= 0.3 is 0 Å². The van der Waals surface area contributed by atoms with Gasteiger partial charge in [0.2, 0.25) is 10.0 Å². The zero-order valence-electron chi connectivity index (χ0n) is 18.5. The average molecular weight is 480 g/mol. The highest BCUT2D eigenvalue weighted by atomic mass is 32.2. The molecule has 2 aliphatic heterocycles. The van der Waals surface area contributed by atoms with Gasteiger partial charge in [0, 0.05) is 30.4 Å². The molecule has 3 heterocycles. The van der Waals surface area contributed by atoms with Crippen molar-refractivity contribution >= 4 is 21.6 Å². The van der Waals surface area contributed by atoms with Gasteiger partial charge in [-0.2, -0.15) is 4.31 Å². The first kappa shape index (κ1) is 21.4. The second-order valence-corrected chi connectivity index (χ2v) is 10.7. The van der Waals surface area contributed by atoms with Crippen molar-refractivity contribution in [2.24, 2.45) is 0 Å². The lowest BCUT2D eigenvalue weighted by Gasteiger charge is -2.37. The van der Waals surface area contributed by atoms with Gasteiger partial charge in [0.05, 0.1) is 23.7 Å². The smallest absolute Gasteiger partial charge is 0.258 e. The van der Waals surface area contributed by atoms with Gasteiger partial charge in [-0.05, 0) is 61.4 Å². The predicted octanol–water partition coefficient (Wildman–Crippen LogP) is 3.70. The summed E-state index contributed by atoms with van der Waals surface area (Å²) in [5.41, 5.74) is 2.24. The number of nitrogens with one attached hydrogen (secondary N) is 1. The molecule has 2 aromatic carbocycles. The third kappa shape index (κ3) is 3.70. The Morgan fingerprint density at radius 3 is 2.38 bits per heavy atom. The van der Waals surface area contributed by atoms with Crippen molar-refractivity contribution in [1.82, 2.24) is 9.21 Å². The zero-order valence-corrected chi connectivity index (χ0v) is 19.3. The van der Waals surface area contributed by atoms with E-state index in [1.807, 2.05) is 41.3 Å². The SMILES string of the molecule is O=C1c2ccccc2NC(c2ccc(-c3ccc(S(=O)(=O)N4CCOCC4)cc3)o2)N1C1CC1. The van der Waals surface area contributed by atoms with Crippen LogP contribution in [-0.4, -0.2) is 55.9 Å². The molecule has 1 amide bonds. The molecule has 176 valence electrons. The third-order valence-corrected chi connectivity index (χ3v) is 8.46.